The Morgan fingerprint density at radius 2 is 1.85 bits per heavy atom. The van der Waals surface area contributed by atoms with Crippen LogP contribution in [0.2, 0.25) is 0 Å². The molecule has 7 heteroatoms. The summed E-state index contributed by atoms with van der Waals surface area (Å²) < 4.78 is 19.5. The normalized spacial score (nSPS) is 11.8. The zero-order valence-corrected chi connectivity index (χ0v) is 16.5. The number of amides is 1. The van der Waals surface area contributed by atoms with Crippen LogP contribution in [-0.4, -0.2) is 17.0 Å². The summed E-state index contributed by atoms with van der Waals surface area (Å²) in [6, 6.07) is 13.4. The average molecular weight is 435 g/mol. The van der Waals surface area contributed by atoms with Crippen LogP contribution in [0.3, 0.4) is 0 Å². The lowest BCUT2D eigenvalue weighted by Gasteiger charge is -2.13. The van der Waals surface area contributed by atoms with Crippen LogP contribution in [0.15, 0.2) is 53.0 Å². The number of halogens is 2. The van der Waals surface area contributed by atoms with Crippen molar-refractivity contribution in [2.45, 2.75) is 20.0 Å². The van der Waals surface area contributed by atoms with E-state index >= 15 is 0 Å². The van der Waals surface area contributed by atoms with E-state index in [2.05, 4.69) is 26.2 Å². The van der Waals surface area contributed by atoms with Crippen molar-refractivity contribution in [3.8, 4) is 17.0 Å². The fourth-order valence-corrected chi connectivity index (χ4v) is 3.41. The summed E-state index contributed by atoms with van der Waals surface area (Å²) in [7, 11) is 0. The number of carbonyl (C=O) groups excluding carboxylic acids is 1. The standard InChI is InChI=1S/C19H16BrFN2O2S/c1-11(25-16-9-7-15(21)8-10-16)18(24)23-19-22-17(12(2)26-19)13-3-5-14(20)6-4-13/h3-11H,1-2H3,(H,22,23,24). The maximum Gasteiger partial charge on any atom is 0.266 e. The molecular weight excluding hydrogens is 419 g/mol. The van der Waals surface area contributed by atoms with Crippen LogP contribution in [0, 0.1) is 12.7 Å². The fraction of sp³-hybridized carbons (Fsp3) is 0.158. The molecular formula is C19H16BrFN2O2S. The first kappa shape index (κ1) is 18.5. The lowest BCUT2D eigenvalue weighted by atomic mass is 10.1. The van der Waals surface area contributed by atoms with Gasteiger partial charge in [0.25, 0.3) is 5.91 Å². The van der Waals surface area contributed by atoms with Gasteiger partial charge in [0, 0.05) is 14.9 Å². The second kappa shape index (κ2) is 7.97. The number of anilines is 1. The van der Waals surface area contributed by atoms with Crippen molar-refractivity contribution in [1.29, 1.82) is 0 Å². The highest BCUT2D eigenvalue weighted by Crippen LogP contribution is 2.31. The Bertz CT molecular complexity index is 910. The van der Waals surface area contributed by atoms with Crippen LogP contribution in [0.5, 0.6) is 5.75 Å². The van der Waals surface area contributed by atoms with E-state index in [1.54, 1.807) is 6.92 Å². The molecule has 1 heterocycles. The summed E-state index contributed by atoms with van der Waals surface area (Å²) >= 11 is 4.82. The monoisotopic (exact) mass is 434 g/mol. The average Bonchev–Trinajstić information content (AvgIpc) is 2.97. The summed E-state index contributed by atoms with van der Waals surface area (Å²) in [6.45, 7) is 3.60. The number of ether oxygens (including phenoxy) is 1. The predicted molar refractivity (Wildman–Crippen MR) is 105 cm³/mol. The molecule has 1 unspecified atom stereocenters. The summed E-state index contributed by atoms with van der Waals surface area (Å²) in [6.07, 6.45) is -0.735. The molecule has 0 aliphatic carbocycles. The maximum absolute atomic E-state index is 12.9. The number of thiazole rings is 1. The van der Waals surface area contributed by atoms with E-state index in [1.807, 2.05) is 31.2 Å². The van der Waals surface area contributed by atoms with Gasteiger partial charge in [0.15, 0.2) is 11.2 Å². The number of aryl methyl sites for hydroxylation is 1. The molecule has 1 amide bonds. The van der Waals surface area contributed by atoms with Gasteiger partial charge in [-0.1, -0.05) is 28.1 Å². The number of hydrogen-bond acceptors (Lipinski definition) is 4. The van der Waals surface area contributed by atoms with Gasteiger partial charge in [-0.25, -0.2) is 9.37 Å². The molecule has 3 aromatic rings. The quantitative estimate of drug-likeness (QED) is 0.582. The molecule has 0 spiro atoms. The van der Waals surface area contributed by atoms with Crippen LogP contribution in [0.25, 0.3) is 11.3 Å². The highest BCUT2D eigenvalue weighted by molar-refractivity contribution is 9.10. The highest BCUT2D eigenvalue weighted by Gasteiger charge is 2.18. The molecule has 2 aromatic carbocycles. The van der Waals surface area contributed by atoms with Gasteiger partial charge in [0.1, 0.15) is 11.6 Å². The third-order valence-corrected chi connectivity index (χ3v) is 5.06. The Morgan fingerprint density at radius 1 is 1.19 bits per heavy atom. The number of aromatic nitrogens is 1. The van der Waals surface area contributed by atoms with E-state index in [9.17, 15) is 9.18 Å². The van der Waals surface area contributed by atoms with E-state index in [1.165, 1.54) is 35.6 Å². The van der Waals surface area contributed by atoms with Gasteiger partial charge >= 0.3 is 0 Å². The molecule has 134 valence electrons. The third kappa shape index (κ3) is 4.47. The smallest absolute Gasteiger partial charge is 0.266 e. The van der Waals surface area contributed by atoms with E-state index in [0.29, 0.717) is 10.9 Å². The van der Waals surface area contributed by atoms with E-state index in [-0.39, 0.29) is 11.7 Å². The molecule has 0 radical (unpaired) electrons. The lowest BCUT2D eigenvalue weighted by Crippen LogP contribution is -2.30. The van der Waals surface area contributed by atoms with Crippen molar-refractivity contribution in [2.24, 2.45) is 0 Å². The highest BCUT2D eigenvalue weighted by atomic mass is 79.9. The molecule has 26 heavy (non-hydrogen) atoms. The Balaban J connectivity index is 1.68. The van der Waals surface area contributed by atoms with Crippen molar-refractivity contribution in [1.82, 2.24) is 4.98 Å². The minimum Gasteiger partial charge on any atom is -0.481 e. The zero-order chi connectivity index (χ0) is 18.7. The molecule has 0 bridgehead atoms. The molecule has 0 aliphatic heterocycles. The van der Waals surface area contributed by atoms with Gasteiger partial charge < -0.3 is 4.74 Å². The molecule has 1 N–H and O–H groups in total. The Morgan fingerprint density at radius 3 is 2.50 bits per heavy atom. The van der Waals surface area contributed by atoms with E-state index < -0.39 is 6.10 Å². The Kier molecular flexibility index (Phi) is 5.68. The first-order valence-electron chi connectivity index (χ1n) is 7.89. The second-order valence-electron chi connectivity index (χ2n) is 5.63. The van der Waals surface area contributed by atoms with Crippen molar-refractivity contribution in [2.75, 3.05) is 5.32 Å². The zero-order valence-electron chi connectivity index (χ0n) is 14.1. The minimum absolute atomic E-state index is 0.314. The number of carbonyl (C=O) groups is 1. The lowest BCUT2D eigenvalue weighted by molar-refractivity contribution is -0.122. The minimum atomic E-state index is -0.735. The van der Waals surface area contributed by atoms with Gasteiger partial charge in [-0.15, -0.1) is 11.3 Å². The van der Waals surface area contributed by atoms with Gasteiger partial charge in [-0.05, 0) is 50.2 Å². The summed E-state index contributed by atoms with van der Waals surface area (Å²) in [4.78, 5) is 17.9. The van der Waals surface area contributed by atoms with E-state index in [4.69, 9.17) is 4.74 Å². The number of hydrogen-bond donors (Lipinski definition) is 1. The molecule has 3 rings (SSSR count). The van der Waals surface area contributed by atoms with Gasteiger partial charge in [-0.2, -0.15) is 0 Å². The van der Waals surface area contributed by atoms with Crippen molar-refractivity contribution in [3.63, 3.8) is 0 Å². The summed E-state index contributed by atoms with van der Waals surface area (Å²) in [5, 5.41) is 3.29. The van der Waals surface area contributed by atoms with Gasteiger partial charge in [-0.3, -0.25) is 10.1 Å². The number of nitrogens with one attached hydrogen (secondary N) is 1. The molecule has 0 saturated heterocycles. The number of rotatable bonds is 5. The second-order valence-corrected chi connectivity index (χ2v) is 7.75. The van der Waals surface area contributed by atoms with E-state index in [0.717, 1.165) is 20.6 Å². The van der Waals surface area contributed by atoms with Crippen LogP contribution >= 0.6 is 27.3 Å². The SMILES string of the molecule is Cc1sc(NC(=O)C(C)Oc2ccc(F)cc2)nc1-c1ccc(Br)cc1. The summed E-state index contributed by atoms with van der Waals surface area (Å²) in [5.74, 6) is -0.237. The first-order chi connectivity index (χ1) is 12.4. The Labute approximate surface area is 163 Å². The molecule has 0 aliphatic rings. The maximum atomic E-state index is 12.9. The molecule has 1 atom stereocenters. The van der Waals surface area contributed by atoms with Crippen molar-refractivity contribution >= 4 is 38.3 Å². The molecule has 4 nitrogen and oxygen atoms in total. The predicted octanol–water partition coefficient (Wildman–Crippen LogP) is 5.43. The van der Waals surface area contributed by atoms with Crippen LogP contribution in [-0.2, 0) is 4.79 Å². The third-order valence-electron chi connectivity index (χ3n) is 3.64. The molecule has 1 aromatic heterocycles. The van der Waals surface area contributed by atoms with Crippen LogP contribution in [0.1, 0.15) is 11.8 Å². The topological polar surface area (TPSA) is 51.2 Å². The Hall–Kier alpha value is -2.25. The number of nitrogens with zero attached hydrogens (tertiary/aromatic N) is 1. The molecule has 0 saturated carbocycles. The first-order valence-corrected chi connectivity index (χ1v) is 9.50. The summed E-state index contributed by atoms with van der Waals surface area (Å²) in [5.41, 5.74) is 1.82. The fourth-order valence-electron chi connectivity index (χ4n) is 2.30. The largest absolute Gasteiger partial charge is 0.481 e. The van der Waals surface area contributed by atoms with Crippen LogP contribution < -0.4 is 10.1 Å². The van der Waals surface area contributed by atoms with Gasteiger partial charge in [0.2, 0.25) is 0 Å². The number of benzene rings is 2. The molecule has 0 fully saturated rings. The van der Waals surface area contributed by atoms with Crippen molar-refractivity contribution in [3.05, 3.63) is 63.7 Å². The van der Waals surface area contributed by atoms with Gasteiger partial charge in [0.05, 0.1) is 5.69 Å². The van der Waals surface area contributed by atoms with Crippen molar-refractivity contribution < 1.29 is 13.9 Å². The van der Waals surface area contributed by atoms with Crippen LogP contribution in [0.4, 0.5) is 9.52 Å².